The Balaban J connectivity index is 1.16. The number of aliphatic hydroxyl groups is 1. The second-order valence-corrected chi connectivity index (χ2v) is 12.5. The average Bonchev–Trinajstić information content (AvgIpc) is 3.72. The van der Waals surface area contributed by atoms with Crippen LogP contribution in [0.2, 0.25) is 0 Å². The summed E-state index contributed by atoms with van der Waals surface area (Å²) in [5, 5.41) is 23.8. The highest BCUT2D eigenvalue weighted by molar-refractivity contribution is 7.16. The number of nitriles is 1. The fraction of sp³-hybridized carbons (Fsp3) is 0.355. The standard InChI is InChI=1S/C31H29F2N7O2S/c1-38(31-37-29(27(11-34)43-31)18-4-6-19(32)7-5-18)26-10-25(17-2-3-17)36-30-23(26)8-20(9-24(30)33)35-21-12-39(13-21)16-28(42)40-14-22(41)15-40/h4-10,17,21-22,35,41H,2-3,12-16H2,1H3. The number of carbonyl (C=O) groups excluding carboxylic acids is 1. The quantitative estimate of drug-likeness (QED) is 0.305. The molecule has 2 saturated heterocycles. The minimum absolute atomic E-state index is 0.00930. The fourth-order valence-corrected chi connectivity index (χ4v) is 6.51. The van der Waals surface area contributed by atoms with Gasteiger partial charge in [0.25, 0.3) is 0 Å². The van der Waals surface area contributed by atoms with Crippen molar-refractivity contribution in [3.8, 4) is 17.3 Å². The zero-order valence-electron chi connectivity index (χ0n) is 23.4. The Bertz CT molecular complexity index is 1760. The van der Waals surface area contributed by atoms with Gasteiger partial charge in [-0.05, 0) is 55.3 Å². The third kappa shape index (κ3) is 5.40. The van der Waals surface area contributed by atoms with Gasteiger partial charge in [0.15, 0.2) is 10.9 Å². The van der Waals surface area contributed by atoms with Crippen LogP contribution in [-0.2, 0) is 4.79 Å². The molecule has 4 aromatic rings. The number of hydrogen-bond acceptors (Lipinski definition) is 9. The summed E-state index contributed by atoms with van der Waals surface area (Å²) in [6.45, 7) is 2.39. The zero-order valence-corrected chi connectivity index (χ0v) is 24.2. The highest BCUT2D eigenvalue weighted by Crippen LogP contribution is 2.44. The molecule has 2 aromatic heterocycles. The normalized spacial score (nSPS) is 17.4. The first kappa shape index (κ1) is 27.6. The number of anilines is 3. The molecule has 9 nitrogen and oxygen atoms in total. The van der Waals surface area contributed by atoms with E-state index in [9.17, 15) is 19.6 Å². The molecule has 220 valence electrons. The molecule has 0 spiro atoms. The predicted octanol–water partition coefficient (Wildman–Crippen LogP) is 4.45. The Morgan fingerprint density at radius 1 is 1.14 bits per heavy atom. The summed E-state index contributed by atoms with van der Waals surface area (Å²) >= 11 is 1.22. The summed E-state index contributed by atoms with van der Waals surface area (Å²) in [5.74, 6) is -0.496. The molecule has 1 aliphatic carbocycles. The third-order valence-electron chi connectivity index (χ3n) is 8.25. The van der Waals surface area contributed by atoms with Crippen LogP contribution in [0.4, 0.5) is 25.3 Å². The van der Waals surface area contributed by atoms with Crippen molar-refractivity contribution in [3.05, 3.63) is 64.7 Å². The topological polar surface area (TPSA) is 109 Å². The van der Waals surface area contributed by atoms with Crippen LogP contribution in [0.25, 0.3) is 22.2 Å². The van der Waals surface area contributed by atoms with Gasteiger partial charge in [0, 0.05) is 61.5 Å². The second-order valence-electron chi connectivity index (χ2n) is 11.5. The molecule has 12 heteroatoms. The van der Waals surface area contributed by atoms with Crippen LogP contribution in [0.1, 0.15) is 29.3 Å². The van der Waals surface area contributed by atoms with E-state index in [4.69, 9.17) is 9.97 Å². The van der Waals surface area contributed by atoms with Crippen molar-refractivity contribution in [2.75, 3.05) is 50.0 Å². The summed E-state index contributed by atoms with van der Waals surface area (Å²) in [6, 6.07) is 13.5. The first-order chi connectivity index (χ1) is 20.7. The summed E-state index contributed by atoms with van der Waals surface area (Å²) < 4.78 is 29.2. The zero-order chi connectivity index (χ0) is 29.8. The number of fused-ring (bicyclic) bond motifs is 1. The first-order valence-electron chi connectivity index (χ1n) is 14.2. The lowest BCUT2D eigenvalue weighted by Crippen LogP contribution is -2.60. The summed E-state index contributed by atoms with van der Waals surface area (Å²) in [5.41, 5.74) is 3.58. The van der Waals surface area contributed by atoms with Crippen molar-refractivity contribution in [3.63, 3.8) is 0 Å². The lowest BCUT2D eigenvalue weighted by atomic mass is 10.1. The summed E-state index contributed by atoms with van der Waals surface area (Å²) in [6.07, 6.45) is 1.59. The van der Waals surface area contributed by atoms with E-state index < -0.39 is 11.9 Å². The SMILES string of the molecule is CN(c1nc(-c2ccc(F)cc2)c(C#N)s1)c1cc(C2CC2)nc2c(F)cc(NC3CN(CC(=O)N4CC(O)C4)C3)cc12. The van der Waals surface area contributed by atoms with Gasteiger partial charge in [-0.15, -0.1) is 0 Å². The number of amides is 1. The van der Waals surface area contributed by atoms with Crippen LogP contribution in [0, 0.1) is 23.0 Å². The number of nitrogens with one attached hydrogen (secondary N) is 1. The second kappa shape index (κ2) is 10.8. The number of benzene rings is 2. The van der Waals surface area contributed by atoms with Crippen molar-refractivity contribution in [2.45, 2.75) is 30.9 Å². The van der Waals surface area contributed by atoms with E-state index >= 15 is 4.39 Å². The van der Waals surface area contributed by atoms with E-state index in [2.05, 4.69) is 11.4 Å². The third-order valence-corrected chi connectivity index (χ3v) is 9.28. The average molecular weight is 602 g/mol. The van der Waals surface area contributed by atoms with Gasteiger partial charge in [-0.3, -0.25) is 9.69 Å². The lowest BCUT2D eigenvalue weighted by Gasteiger charge is -2.42. The van der Waals surface area contributed by atoms with Crippen LogP contribution in [0.5, 0.6) is 0 Å². The maximum absolute atomic E-state index is 15.6. The number of aliphatic hydroxyl groups excluding tert-OH is 1. The minimum atomic E-state index is -0.427. The van der Waals surface area contributed by atoms with E-state index in [0.29, 0.717) is 65.1 Å². The van der Waals surface area contributed by atoms with Gasteiger partial charge in [-0.1, -0.05) is 11.3 Å². The first-order valence-corrected chi connectivity index (χ1v) is 15.1. The minimum Gasteiger partial charge on any atom is -0.389 e. The maximum Gasteiger partial charge on any atom is 0.236 e. The monoisotopic (exact) mass is 601 g/mol. The molecule has 0 radical (unpaired) electrons. The van der Waals surface area contributed by atoms with Gasteiger partial charge in [-0.2, -0.15) is 5.26 Å². The van der Waals surface area contributed by atoms with Gasteiger partial charge in [0.1, 0.15) is 28.0 Å². The number of carbonyl (C=O) groups is 1. The van der Waals surface area contributed by atoms with Crippen molar-refractivity contribution in [2.24, 2.45) is 0 Å². The molecule has 1 amide bonds. The number of rotatable bonds is 8. The van der Waals surface area contributed by atoms with Crippen LogP contribution in [0.3, 0.4) is 0 Å². The largest absolute Gasteiger partial charge is 0.389 e. The Hall–Kier alpha value is -4.18. The van der Waals surface area contributed by atoms with Gasteiger partial charge in [-0.25, -0.2) is 18.7 Å². The highest BCUT2D eigenvalue weighted by Gasteiger charge is 2.34. The van der Waals surface area contributed by atoms with Crippen molar-refractivity contribution in [1.29, 1.82) is 5.26 Å². The van der Waals surface area contributed by atoms with Gasteiger partial charge in [0.05, 0.1) is 24.4 Å². The molecule has 0 atom stereocenters. The highest BCUT2D eigenvalue weighted by atomic mass is 32.1. The molecule has 43 heavy (non-hydrogen) atoms. The number of aromatic nitrogens is 2. The predicted molar refractivity (Wildman–Crippen MR) is 160 cm³/mol. The molecule has 0 bridgehead atoms. The molecule has 2 aromatic carbocycles. The fourth-order valence-electron chi connectivity index (χ4n) is 5.65. The Kier molecular flexibility index (Phi) is 6.96. The van der Waals surface area contributed by atoms with E-state index in [1.807, 2.05) is 29.0 Å². The van der Waals surface area contributed by atoms with Crippen LogP contribution in [0.15, 0.2) is 42.5 Å². The number of halogens is 2. The number of nitrogens with zero attached hydrogens (tertiary/aromatic N) is 6. The number of likely N-dealkylation sites (tertiary alicyclic amines) is 2. The smallest absolute Gasteiger partial charge is 0.236 e. The molecule has 7 rings (SSSR count). The van der Waals surface area contributed by atoms with E-state index in [1.54, 1.807) is 17.0 Å². The van der Waals surface area contributed by atoms with Crippen LogP contribution in [-0.4, -0.2) is 82.7 Å². The Labute approximate surface area is 251 Å². The molecule has 3 fully saturated rings. The molecular formula is C31H29F2N7O2S. The Morgan fingerprint density at radius 3 is 2.56 bits per heavy atom. The molecule has 1 saturated carbocycles. The summed E-state index contributed by atoms with van der Waals surface area (Å²) in [4.78, 5) is 27.7. The van der Waals surface area contributed by atoms with Crippen molar-refractivity contribution < 1.29 is 18.7 Å². The molecule has 0 unspecified atom stereocenters. The maximum atomic E-state index is 15.6. The molecule has 4 heterocycles. The van der Waals surface area contributed by atoms with E-state index in [1.165, 1.54) is 29.5 Å². The summed E-state index contributed by atoms with van der Waals surface area (Å²) in [7, 11) is 1.84. The van der Waals surface area contributed by atoms with Gasteiger partial charge >= 0.3 is 0 Å². The number of β-amino-alcohol motifs (C(OH)–C–C–N with tert-alkyl or cyclic N) is 1. The molecular weight excluding hydrogens is 572 g/mol. The molecule has 2 N–H and O–H groups in total. The van der Waals surface area contributed by atoms with Crippen LogP contribution < -0.4 is 10.2 Å². The molecule has 3 aliphatic rings. The number of thiazole rings is 1. The van der Waals surface area contributed by atoms with Crippen molar-refractivity contribution >= 4 is 44.7 Å². The lowest BCUT2D eigenvalue weighted by molar-refractivity contribution is -0.143. The van der Waals surface area contributed by atoms with Crippen molar-refractivity contribution in [1.82, 2.24) is 19.8 Å². The number of hydrogen-bond donors (Lipinski definition) is 2. The van der Waals surface area contributed by atoms with E-state index in [-0.39, 0.29) is 29.2 Å². The number of pyridine rings is 1. The van der Waals surface area contributed by atoms with E-state index in [0.717, 1.165) is 24.2 Å². The van der Waals surface area contributed by atoms with Gasteiger partial charge < -0.3 is 20.2 Å². The van der Waals surface area contributed by atoms with Gasteiger partial charge in [0.2, 0.25) is 5.91 Å². The molecule has 2 aliphatic heterocycles. The Morgan fingerprint density at radius 2 is 1.88 bits per heavy atom. The van der Waals surface area contributed by atoms with Crippen LogP contribution >= 0.6 is 11.3 Å².